The zero-order chi connectivity index (χ0) is 13.2. The summed E-state index contributed by atoms with van der Waals surface area (Å²) in [6, 6.07) is 4.24. The number of Topliss-reactive ketones (excluding diaryl/α,β-unsaturated/α-hetero) is 1. The fraction of sp³-hybridized carbons (Fsp3) is 0.533. The van der Waals surface area contributed by atoms with Crippen LogP contribution in [0.15, 0.2) is 12.1 Å². The molecule has 94 valence electrons. The summed E-state index contributed by atoms with van der Waals surface area (Å²) in [4.78, 5) is 12.1. The van der Waals surface area contributed by atoms with Gasteiger partial charge in [0.1, 0.15) is 5.60 Å². The van der Waals surface area contributed by atoms with Crippen LogP contribution in [0.25, 0.3) is 0 Å². The van der Waals surface area contributed by atoms with Crippen LogP contribution in [0.1, 0.15) is 36.1 Å². The lowest BCUT2D eigenvalue weighted by Crippen LogP contribution is -2.35. The Morgan fingerprint density at radius 1 is 1.18 bits per heavy atom. The molecule has 0 radical (unpaired) electrons. The van der Waals surface area contributed by atoms with Crippen LogP contribution in [0.5, 0.6) is 0 Å². The van der Waals surface area contributed by atoms with Crippen LogP contribution in [-0.4, -0.2) is 18.5 Å². The highest BCUT2D eigenvalue weighted by atomic mass is 16.5. The van der Waals surface area contributed by atoms with E-state index in [2.05, 4.69) is 32.9 Å². The third-order valence-electron chi connectivity index (χ3n) is 3.36. The summed E-state index contributed by atoms with van der Waals surface area (Å²) >= 11 is 0. The van der Waals surface area contributed by atoms with Gasteiger partial charge in [0.05, 0.1) is 0 Å². The van der Waals surface area contributed by atoms with Gasteiger partial charge in [-0.1, -0.05) is 17.7 Å². The van der Waals surface area contributed by atoms with E-state index in [0.717, 1.165) is 5.56 Å². The minimum atomic E-state index is -0.705. The Morgan fingerprint density at radius 2 is 1.65 bits per heavy atom. The highest BCUT2D eigenvalue weighted by Gasteiger charge is 2.27. The molecule has 0 aliphatic rings. The summed E-state index contributed by atoms with van der Waals surface area (Å²) < 4.78 is 5.23. The molecule has 0 bridgehead atoms. The number of carbonyl (C=O) groups is 1. The first-order valence-corrected chi connectivity index (χ1v) is 5.93. The van der Waals surface area contributed by atoms with Gasteiger partial charge < -0.3 is 4.74 Å². The lowest BCUT2D eigenvalue weighted by atomic mass is 9.91. The second-order valence-electron chi connectivity index (χ2n) is 5.19. The molecule has 1 aromatic rings. The van der Waals surface area contributed by atoms with E-state index < -0.39 is 5.60 Å². The molecule has 0 spiro atoms. The molecule has 0 unspecified atom stereocenters. The average Bonchev–Trinajstić information content (AvgIpc) is 2.22. The third kappa shape index (κ3) is 3.16. The number of hydrogen-bond acceptors (Lipinski definition) is 2. The van der Waals surface area contributed by atoms with Gasteiger partial charge in [-0.3, -0.25) is 4.79 Å². The first-order valence-electron chi connectivity index (χ1n) is 5.93. The average molecular weight is 234 g/mol. The first kappa shape index (κ1) is 13.9. The van der Waals surface area contributed by atoms with E-state index in [1.54, 1.807) is 7.11 Å². The lowest BCUT2D eigenvalue weighted by Gasteiger charge is -2.22. The molecule has 0 atom stereocenters. The zero-order valence-electron chi connectivity index (χ0n) is 11.7. The molecule has 0 N–H and O–H groups in total. The number of ether oxygens (including phenoxy) is 1. The van der Waals surface area contributed by atoms with Crippen LogP contribution in [0.2, 0.25) is 0 Å². The summed E-state index contributed by atoms with van der Waals surface area (Å²) in [5.41, 5.74) is 4.03. The molecule has 1 aromatic carbocycles. The van der Waals surface area contributed by atoms with E-state index in [0.29, 0.717) is 6.42 Å². The molecule has 0 aromatic heterocycles. The smallest absolute Gasteiger partial charge is 0.168 e. The standard InChI is InChI=1S/C15H22O2/c1-10-7-11(2)13(12(3)8-10)9-14(16)15(4,5)17-6/h7-8H,9H2,1-6H3. The van der Waals surface area contributed by atoms with E-state index in [-0.39, 0.29) is 5.78 Å². The molecule has 2 nitrogen and oxygen atoms in total. The van der Waals surface area contributed by atoms with E-state index in [4.69, 9.17) is 4.74 Å². The van der Waals surface area contributed by atoms with Crippen molar-refractivity contribution < 1.29 is 9.53 Å². The fourth-order valence-electron chi connectivity index (χ4n) is 1.98. The molecule has 0 fully saturated rings. The van der Waals surface area contributed by atoms with Crippen molar-refractivity contribution in [1.29, 1.82) is 0 Å². The molecular weight excluding hydrogens is 212 g/mol. The molecule has 1 rings (SSSR count). The lowest BCUT2D eigenvalue weighted by molar-refractivity contribution is -0.136. The SMILES string of the molecule is COC(C)(C)C(=O)Cc1c(C)cc(C)cc1C. The number of hydrogen-bond donors (Lipinski definition) is 0. The van der Waals surface area contributed by atoms with Gasteiger partial charge in [-0.25, -0.2) is 0 Å². The largest absolute Gasteiger partial charge is 0.371 e. The molecule has 0 saturated carbocycles. The third-order valence-corrected chi connectivity index (χ3v) is 3.36. The molecular formula is C15H22O2. The number of rotatable bonds is 4. The Kier molecular flexibility index (Phi) is 4.10. The molecule has 0 amide bonds. The molecule has 2 heteroatoms. The van der Waals surface area contributed by atoms with Crippen LogP contribution in [-0.2, 0) is 16.0 Å². The normalized spacial score (nSPS) is 11.6. The maximum absolute atomic E-state index is 12.1. The quantitative estimate of drug-likeness (QED) is 0.800. The van der Waals surface area contributed by atoms with E-state index in [1.165, 1.54) is 16.7 Å². The number of aryl methyl sites for hydroxylation is 3. The van der Waals surface area contributed by atoms with Crippen LogP contribution in [0.4, 0.5) is 0 Å². The van der Waals surface area contributed by atoms with Crippen molar-refractivity contribution in [2.75, 3.05) is 7.11 Å². The van der Waals surface area contributed by atoms with E-state index in [9.17, 15) is 4.79 Å². The molecule has 17 heavy (non-hydrogen) atoms. The number of benzene rings is 1. The van der Waals surface area contributed by atoms with E-state index >= 15 is 0 Å². The van der Waals surface area contributed by atoms with Crippen molar-refractivity contribution in [2.24, 2.45) is 0 Å². The summed E-state index contributed by atoms with van der Waals surface area (Å²) in [7, 11) is 1.58. The van der Waals surface area contributed by atoms with Crippen molar-refractivity contribution in [3.8, 4) is 0 Å². The minimum absolute atomic E-state index is 0.120. The van der Waals surface area contributed by atoms with Crippen molar-refractivity contribution >= 4 is 5.78 Å². The van der Waals surface area contributed by atoms with Gasteiger partial charge in [-0.15, -0.1) is 0 Å². The van der Waals surface area contributed by atoms with Gasteiger partial charge in [0.15, 0.2) is 5.78 Å². The maximum Gasteiger partial charge on any atom is 0.168 e. The van der Waals surface area contributed by atoms with Crippen LogP contribution in [0.3, 0.4) is 0 Å². The first-order chi connectivity index (χ1) is 7.77. The van der Waals surface area contributed by atoms with Crippen molar-refractivity contribution in [2.45, 2.75) is 46.6 Å². The van der Waals surface area contributed by atoms with Crippen LogP contribution >= 0.6 is 0 Å². The minimum Gasteiger partial charge on any atom is -0.371 e. The van der Waals surface area contributed by atoms with Gasteiger partial charge >= 0.3 is 0 Å². The predicted octanol–water partition coefficient (Wildman–Crippen LogP) is 3.15. The van der Waals surface area contributed by atoms with Gasteiger partial charge in [0.2, 0.25) is 0 Å². The number of methoxy groups -OCH3 is 1. The van der Waals surface area contributed by atoms with Crippen molar-refractivity contribution in [3.05, 3.63) is 34.4 Å². The summed E-state index contributed by atoms with van der Waals surface area (Å²) in [6.45, 7) is 9.82. The highest BCUT2D eigenvalue weighted by molar-refractivity contribution is 5.88. The zero-order valence-corrected chi connectivity index (χ0v) is 11.7. The topological polar surface area (TPSA) is 26.3 Å². The van der Waals surface area contributed by atoms with E-state index in [1.807, 2.05) is 13.8 Å². The Hall–Kier alpha value is -1.15. The van der Waals surface area contributed by atoms with Crippen LogP contribution in [0, 0.1) is 20.8 Å². The Labute approximate surface area is 104 Å². The Morgan fingerprint density at radius 3 is 2.06 bits per heavy atom. The van der Waals surface area contributed by atoms with Crippen LogP contribution < -0.4 is 0 Å². The Balaban J connectivity index is 3.01. The summed E-state index contributed by atoms with van der Waals surface area (Å²) in [5.74, 6) is 0.120. The van der Waals surface area contributed by atoms with Gasteiger partial charge in [-0.05, 0) is 51.3 Å². The van der Waals surface area contributed by atoms with Crippen molar-refractivity contribution in [3.63, 3.8) is 0 Å². The van der Waals surface area contributed by atoms with Gasteiger partial charge in [0, 0.05) is 13.5 Å². The monoisotopic (exact) mass is 234 g/mol. The second kappa shape index (κ2) is 5.01. The fourth-order valence-corrected chi connectivity index (χ4v) is 1.98. The highest BCUT2D eigenvalue weighted by Crippen LogP contribution is 2.20. The molecule has 0 aliphatic carbocycles. The summed E-state index contributed by atoms with van der Waals surface area (Å²) in [5, 5.41) is 0. The van der Waals surface area contributed by atoms with Crippen molar-refractivity contribution in [1.82, 2.24) is 0 Å². The summed E-state index contributed by atoms with van der Waals surface area (Å²) in [6.07, 6.45) is 0.443. The molecule has 0 aliphatic heterocycles. The number of carbonyl (C=O) groups excluding carboxylic acids is 1. The molecule has 0 saturated heterocycles. The predicted molar refractivity (Wildman–Crippen MR) is 70.5 cm³/mol. The maximum atomic E-state index is 12.1. The number of ketones is 1. The molecule has 0 heterocycles. The van der Waals surface area contributed by atoms with Gasteiger partial charge in [-0.2, -0.15) is 0 Å². The Bertz CT molecular complexity index is 408. The second-order valence-corrected chi connectivity index (χ2v) is 5.19. The van der Waals surface area contributed by atoms with Gasteiger partial charge in [0.25, 0.3) is 0 Å².